The van der Waals surface area contributed by atoms with Crippen LogP contribution in [0.15, 0.2) is 24.3 Å². The first-order chi connectivity index (χ1) is 9.84. The van der Waals surface area contributed by atoms with E-state index in [4.69, 9.17) is 16.7 Å². The van der Waals surface area contributed by atoms with Crippen molar-refractivity contribution in [2.45, 2.75) is 26.7 Å². The Hall–Kier alpha value is -1.59. The molecular weight excluding hydrogens is 292 g/mol. The summed E-state index contributed by atoms with van der Waals surface area (Å²) in [6.45, 7) is 4.38. The zero-order valence-corrected chi connectivity index (χ0v) is 13.0. The van der Waals surface area contributed by atoms with E-state index in [2.05, 4.69) is 10.6 Å². The number of aliphatic hydroxyl groups excluding tert-OH is 1. The summed E-state index contributed by atoms with van der Waals surface area (Å²) < 4.78 is 0. The van der Waals surface area contributed by atoms with Crippen molar-refractivity contribution in [2.24, 2.45) is 5.41 Å². The van der Waals surface area contributed by atoms with Gasteiger partial charge in [-0.25, -0.2) is 0 Å². The number of nitrogens with one attached hydrogen (secondary N) is 2. The summed E-state index contributed by atoms with van der Waals surface area (Å²) >= 11 is 5.79. The van der Waals surface area contributed by atoms with Gasteiger partial charge in [0.2, 0.25) is 0 Å². The van der Waals surface area contributed by atoms with Gasteiger partial charge in [0, 0.05) is 23.9 Å². The van der Waals surface area contributed by atoms with E-state index in [1.54, 1.807) is 24.3 Å². The van der Waals surface area contributed by atoms with Crippen LogP contribution in [0, 0.1) is 5.41 Å². The molecule has 1 aromatic carbocycles. The molecule has 6 heteroatoms. The normalized spacial score (nSPS) is 11.0. The van der Waals surface area contributed by atoms with Crippen molar-refractivity contribution >= 4 is 29.1 Å². The number of anilines is 1. The zero-order valence-electron chi connectivity index (χ0n) is 12.3. The van der Waals surface area contributed by atoms with Gasteiger partial charge in [0.15, 0.2) is 0 Å². The molecule has 0 saturated carbocycles. The molecular formula is C15H21ClN2O3. The molecule has 1 aromatic rings. The van der Waals surface area contributed by atoms with E-state index in [0.717, 1.165) is 6.42 Å². The number of amides is 2. The van der Waals surface area contributed by atoms with Crippen LogP contribution < -0.4 is 10.6 Å². The number of benzene rings is 1. The lowest BCUT2D eigenvalue weighted by Gasteiger charge is -2.21. The molecule has 1 rings (SSSR count). The van der Waals surface area contributed by atoms with Crippen LogP contribution in [0.2, 0.25) is 5.02 Å². The van der Waals surface area contributed by atoms with E-state index in [-0.39, 0.29) is 12.0 Å². The van der Waals surface area contributed by atoms with Crippen molar-refractivity contribution in [1.29, 1.82) is 0 Å². The number of carbonyl (C=O) groups is 2. The Labute approximate surface area is 129 Å². The Morgan fingerprint density at radius 1 is 1.29 bits per heavy atom. The van der Waals surface area contributed by atoms with Crippen LogP contribution in [0.1, 0.15) is 26.7 Å². The van der Waals surface area contributed by atoms with Gasteiger partial charge >= 0.3 is 11.8 Å². The Morgan fingerprint density at radius 3 is 2.62 bits per heavy atom. The summed E-state index contributed by atoms with van der Waals surface area (Å²) in [7, 11) is 0. The number of halogens is 1. The lowest BCUT2D eigenvalue weighted by Crippen LogP contribution is -2.36. The van der Waals surface area contributed by atoms with E-state index in [0.29, 0.717) is 23.7 Å². The molecule has 0 aliphatic rings. The molecule has 0 aliphatic heterocycles. The van der Waals surface area contributed by atoms with Gasteiger partial charge in [-0.2, -0.15) is 0 Å². The average molecular weight is 313 g/mol. The highest BCUT2D eigenvalue weighted by Gasteiger charge is 2.17. The topological polar surface area (TPSA) is 78.4 Å². The first-order valence-corrected chi connectivity index (χ1v) is 7.17. The predicted molar refractivity (Wildman–Crippen MR) is 83.2 cm³/mol. The van der Waals surface area contributed by atoms with Crippen molar-refractivity contribution in [3.63, 3.8) is 0 Å². The molecule has 0 aromatic heterocycles. The molecule has 116 valence electrons. The number of rotatable bonds is 6. The fourth-order valence-corrected chi connectivity index (χ4v) is 1.87. The van der Waals surface area contributed by atoms with E-state index >= 15 is 0 Å². The van der Waals surface area contributed by atoms with Gasteiger partial charge in [-0.3, -0.25) is 9.59 Å². The maximum atomic E-state index is 11.7. The molecule has 0 atom stereocenters. The number of aliphatic hydroxyl groups is 1. The first-order valence-electron chi connectivity index (χ1n) is 6.80. The van der Waals surface area contributed by atoms with Gasteiger partial charge in [-0.1, -0.05) is 31.5 Å². The fraction of sp³-hybridized carbons (Fsp3) is 0.467. The Balaban J connectivity index is 2.33. The molecule has 0 spiro atoms. The minimum Gasteiger partial charge on any atom is -0.396 e. The second-order valence-corrected chi connectivity index (χ2v) is 6.08. The lowest BCUT2D eigenvalue weighted by molar-refractivity contribution is -0.136. The largest absolute Gasteiger partial charge is 0.396 e. The van der Waals surface area contributed by atoms with Crippen LogP contribution in [-0.4, -0.2) is 30.1 Å². The third kappa shape index (κ3) is 6.60. The maximum Gasteiger partial charge on any atom is 0.313 e. The van der Waals surface area contributed by atoms with Gasteiger partial charge in [0.05, 0.1) is 0 Å². The molecule has 0 fully saturated rings. The molecule has 2 amide bonds. The van der Waals surface area contributed by atoms with E-state index in [1.165, 1.54) is 0 Å². The SMILES string of the molecule is CC(C)(CO)CCCNC(=O)C(=O)Nc1cccc(Cl)c1. The molecule has 0 radical (unpaired) electrons. The first kappa shape index (κ1) is 17.5. The van der Waals surface area contributed by atoms with Crippen molar-refractivity contribution in [3.05, 3.63) is 29.3 Å². The van der Waals surface area contributed by atoms with Crippen molar-refractivity contribution in [3.8, 4) is 0 Å². The average Bonchev–Trinajstić information content (AvgIpc) is 2.43. The predicted octanol–water partition coefficient (Wildman–Crippen LogP) is 2.19. The third-order valence-corrected chi connectivity index (χ3v) is 3.27. The van der Waals surface area contributed by atoms with Crippen molar-refractivity contribution < 1.29 is 14.7 Å². The standard InChI is InChI=1S/C15H21ClN2O3/c1-15(2,10-19)7-4-8-17-13(20)14(21)18-12-6-3-5-11(16)9-12/h3,5-6,9,19H,4,7-8,10H2,1-2H3,(H,17,20)(H,18,21). The number of hydrogen-bond donors (Lipinski definition) is 3. The van der Waals surface area contributed by atoms with Crippen molar-refractivity contribution in [2.75, 3.05) is 18.5 Å². The van der Waals surface area contributed by atoms with E-state index < -0.39 is 11.8 Å². The van der Waals surface area contributed by atoms with Crippen LogP contribution in [0.4, 0.5) is 5.69 Å². The molecule has 3 N–H and O–H groups in total. The second-order valence-electron chi connectivity index (χ2n) is 5.65. The van der Waals surface area contributed by atoms with Crippen LogP contribution >= 0.6 is 11.6 Å². The summed E-state index contributed by atoms with van der Waals surface area (Å²) in [5, 5.41) is 14.6. The minimum absolute atomic E-state index is 0.0935. The van der Waals surface area contributed by atoms with Crippen LogP contribution in [0.3, 0.4) is 0 Å². The van der Waals surface area contributed by atoms with E-state index in [9.17, 15) is 9.59 Å². The number of carbonyl (C=O) groups excluding carboxylic acids is 2. The summed E-state index contributed by atoms with van der Waals surface area (Å²) in [4.78, 5) is 23.3. The highest BCUT2D eigenvalue weighted by molar-refractivity contribution is 6.39. The molecule has 5 nitrogen and oxygen atoms in total. The highest BCUT2D eigenvalue weighted by atomic mass is 35.5. The number of hydrogen-bond acceptors (Lipinski definition) is 3. The van der Waals surface area contributed by atoms with Gasteiger partial charge in [-0.15, -0.1) is 0 Å². The summed E-state index contributed by atoms with van der Waals surface area (Å²) in [6.07, 6.45) is 1.46. The molecule has 0 saturated heterocycles. The van der Waals surface area contributed by atoms with Crippen LogP contribution in [0.5, 0.6) is 0 Å². The molecule has 0 unspecified atom stereocenters. The van der Waals surface area contributed by atoms with Crippen LogP contribution in [-0.2, 0) is 9.59 Å². The molecule has 0 aliphatic carbocycles. The molecule has 0 bridgehead atoms. The summed E-state index contributed by atoms with van der Waals surface area (Å²) in [5.41, 5.74) is 0.303. The maximum absolute atomic E-state index is 11.7. The zero-order chi connectivity index (χ0) is 15.9. The van der Waals surface area contributed by atoms with Gasteiger partial charge in [0.25, 0.3) is 0 Å². The third-order valence-electron chi connectivity index (χ3n) is 3.03. The quantitative estimate of drug-likeness (QED) is 0.556. The second kappa shape index (κ2) is 8.00. The van der Waals surface area contributed by atoms with E-state index in [1.807, 2.05) is 13.8 Å². The highest BCUT2D eigenvalue weighted by Crippen LogP contribution is 2.20. The smallest absolute Gasteiger partial charge is 0.313 e. The van der Waals surface area contributed by atoms with Crippen LogP contribution in [0.25, 0.3) is 0 Å². The molecule has 0 heterocycles. The fourth-order valence-electron chi connectivity index (χ4n) is 1.68. The van der Waals surface area contributed by atoms with Crippen molar-refractivity contribution in [1.82, 2.24) is 5.32 Å². The lowest BCUT2D eigenvalue weighted by atomic mass is 9.89. The minimum atomic E-state index is -0.723. The van der Waals surface area contributed by atoms with Gasteiger partial charge in [0.1, 0.15) is 0 Å². The summed E-state index contributed by atoms with van der Waals surface area (Å²) in [6, 6.07) is 6.59. The monoisotopic (exact) mass is 312 g/mol. The molecule has 21 heavy (non-hydrogen) atoms. The Bertz CT molecular complexity index is 503. The Morgan fingerprint density at radius 2 is 2.00 bits per heavy atom. The summed E-state index contributed by atoms with van der Waals surface area (Å²) in [5.74, 6) is -1.41. The van der Waals surface area contributed by atoms with Gasteiger partial charge < -0.3 is 15.7 Å². The van der Waals surface area contributed by atoms with Gasteiger partial charge in [-0.05, 0) is 36.5 Å². The Kier molecular flexibility index (Phi) is 6.65.